The van der Waals surface area contributed by atoms with Crippen LogP contribution in [0.3, 0.4) is 0 Å². The van der Waals surface area contributed by atoms with Crippen LogP contribution in [0.4, 0.5) is 5.69 Å². The van der Waals surface area contributed by atoms with Crippen molar-refractivity contribution in [3.05, 3.63) is 63.5 Å². The van der Waals surface area contributed by atoms with Crippen molar-refractivity contribution < 1.29 is 4.79 Å². The molecule has 2 atom stereocenters. The van der Waals surface area contributed by atoms with Crippen LogP contribution in [0.25, 0.3) is 0 Å². The van der Waals surface area contributed by atoms with Gasteiger partial charge in [0.05, 0.1) is 16.5 Å². The number of pyridine rings is 1. The monoisotopic (exact) mass is 433 g/mol. The summed E-state index contributed by atoms with van der Waals surface area (Å²) in [4.78, 5) is 26.6. The Hall–Kier alpha value is -1.83. The maximum absolute atomic E-state index is 12.2. The molecule has 0 spiro atoms. The number of carbonyl (C=O) groups is 1. The number of nitrogens with one attached hydrogen (secondary N) is 1. The Balaban J connectivity index is 1.36. The number of anilines is 1. The zero-order valence-corrected chi connectivity index (χ0v) is 17.5. The minimum absolute atomic E-state index is 0.0776. The van der Waals surface area contributed by atoms with E-state index >= 15 is 0 Å². The van der Waals surface area contributed by atoms with E-state index in [4.69, 9.17) is 23.8 Å². The van der Waals surface area contributed by atoms with Crippen LogP contribution >= 0.6 is 35.6 Å². The number of halogens is 1. The lowest BCUT2D eigenvalue weighted by Gasteiger charge is -2.43. The molecule has 4 rings (SSSR count). The van der Waals surface area contributed by atoms with Gasteiger partial charge in [-0.3, -0.25) is 9.59 Å². The van der Waals surface area contributed by atoms with Gasteiger partial charge in [-0.05, 0) is 30.5 Å². The third kappa shape index (κ3) is 4.11. The number of amides is 1. The van der Waals surface area contributed by atoms with Gasteiger partial charge >= 0.3 is 0 Å². The number of hydrogen-bond donors (Lipinski definition) is 1. The van der Waals surface area contributed by atoms with Crippen LogP contribution in [0.2, 0.25) is 5.02 Å². The quantitative estimate of drug-likeness (QED) is 0.750. The molecule has 1 fully saturated rings. The molecule has 1 aromatic carbocycles. The van der Waals surface area contributed by atoms with Crippen LogP contribution in [0.1, 0.15) is 18.0 Å². The lowest BCUT2D eigenvalue weighted by Crippen LogP contribution is -2.48. The smallest absolute Gasteiger partial charge is 0.250 e. The predicted molar refractivity (Wildman–Crippen MR) is 118 cm³/mol. The number of nitrogens with zero attached hydrogens (tertiary/aromatic N) is 2. The molecule has 28 heavy (non-hydrogen) atoms. The van der Waals surface area contributed by atoms with Crippen molar-refractivity contribution in [2.24, 2.45) is 5.92 Å². The second-order valence-electron chi connectivity index (χ2n) is 7.19. The Kier molecular flexibility index (Phi) is 5.75. The van der Waals surface area contributed by atoms with Crippen LogP contribution in [0.15, 0.2) is 47.3 Å². The first-order chi connectivity index (χ1) is 13.5. The Morgan fingerprint density at radius 1 is 1.18 bits per heavy atom. The second kappa shape index (κ2) is 8.27. The van der Waals surface area contributed by atoms with Crippen LogP contribution in [0.5, 0.6) is 0 Å². The Labute approximate surface area is 178 Å². The predicted octanol–water partition coefficient (Wildman–Crippen LogP) is 3.58. The van der Waals surface area contributed by atoms with Gasteiger partial charge in [0.15, 0.2) is 0 Å². The molecule has 0 radical (unpaired) electrons. The molecule has 3 heterocycles. The second-order valence-corrected chi connectivity index (χ2v) is 9.20. The molecule has 0 unspecified atom stereocenters. The van der Waals surface area contributed by atoms with Crippen molar-refractivity contribution in [1.29, 1.82) is 0 Å². The van der Waals surface area contributed by atoms with Crippen LogP contribution in [-0.2, 0) is 11.3 Å². The molecule has 2 aromatic rings. The van der Waals surface area contributed by atoms with E-state index in [-0.39, 0.29) is 17.2 Å². The van der Waals surface area contributed by atoms with Gasteiger partial charge in [0.25, 0.3) is 5.56 Å². The molecule has 2 aliphatic rings. The molecule has 8 heteroatoms. The molecule has 0 aliphatic carbocycles. The van der Waals surface area contributed by atoms with Crippen LogP contribution in [0, 0.1) is 5.92 Å². The number of rotatable bonds is 3. The van der Waals surface area contributed by atoms with Crippen LogP contribution in [-0.4, -0.2) is 38.5 Å². The summed E-state index contributed by atoms with van der Waals surface area (Å²) < 4.78 is 2.64. The minimum atomic E-state index is -0.130. The van der Waals surface area contributed by atoms with E-state index in [2.05, 4.69) is 10.2 Å². The number of likely N-dealkylation sites (tertiary alicyclic amines) is 1. The first-order valence-electron chi connectivity index (χ1n) is 9.17. The van der Waals surface area contributed by atoms with E-state index in [1.165, 1.54) is 11.8 Å². The summed E-state index contributed by atoms with van der Waals surface area (Å²) >= 11 is 13.1. The van der Waals surface area contributed by atoms with Gasteiger partial charge in [0.2, 0.25) is 5.91 Å². The fourth-order valence-electron chi connectivity index (χ4n) is 4.01. The van der Waals surface area contributed by atoms with Gasteiger partial charge in [-0.15, -0.1) is 0 Å². The molecule has 1 N–H and O–H groups in total. The molecule has 0 saturated carbocycles. The molecule has 1 amide bonds. The highest BCUT2D eigenvalue weighted by Gasteiger charge is 2.35. The third-order valence-electron chi connectivity index (χ3n) is 5.21. The highest BCUT2D eigenvalue weighted by Crippen LogP contribution is 2.36. The molecular formula is C20H20ClN3O2S2. The number of fused-ring (bicyclic) bond motifs is 4. The van der Waals surface area contributed by atoms with Crippen molar-refractivity contribution in [3.63, 3.8) is 0 Å². The maximum Gasteiger partial charge on any atom is 0.250 e. The molecule has 2 aliphatic heterocycles. The number of thioether (sulfide) groups is 1. The van der Waals surface area contributed by atoms with E-state index < -0.39 is 0 Å². The SMILES string of the molecule is O=C(CSC(=S)N1C[C@H]2C[C@@H](C1)c1cccc(=O)n1C2)Nc1ccccc1Cl. The average molecular weight is 434 g/mol. The molecule has 146 valence electrons. The minimum Gasteiger partial charge on any atom is -0.356 e. The highest BCUT2D eigenvalue weighted by atomic mass is 35.5. The largest absolute Gasteiger partial charge is 0.356 e. The van der Waals surface area contributed by atoms with Gasteiger partial charge in [0, 0.05) is 37.3 Å². The van der Waals surface area contributed by atoms with Crippen molar-refractivity contribution in [3.8, 4) is 0 Å². The lowest BCUT2D eigenvalue weighted by atomic mass is 9.83. The van der Waals surface area contributed by atoms with E-state index in [0.29, 0.717) is 22.5 Å². The Bertz CT molecular complexity index is 978. The van der Waals surface area contributed by atoms with Gasteiger partial charge in [-0.2, -0.15) is 0 Å². The van der Waals surface area contributed by atoms with Crippen molar-refractivity contribution in [2.75, 3.05) is 24.2 Å². The Morgan fingerprint density at radius 2 is 2.00 bits per heavy atom. The maximum atomic E-state index is 12.2. The van der Waals surface area contributed by atoms with E-state index in [9.17, 15) is 9.59 Å². The van der Waals surface area contributed by atoms with Gasteiger partial charge in [-0.25, -0.2) is 0 Å². The van der Waals surface area contributed by atoms with Crippen molar-refractivity contribution >= 4 is 51.5 Å². The molecule has 2 bridgehead atoms. The summed E-state index contributed by atoms with van der Waals surface area (Å²) in [5.74, 6) is 0.819. The van der Waals surface area contributed by atoms with Gasteiger partial charge < -0.3 is 14.8 Å². The summed E-state index contributed by atoms with van der Waals surface area (Å²) in [6.07, 6.45) is 1.08. The van der Waals surface area contributed by atoms with Crippen molar-refractivity contribution in [2.45, 2.75) is 18.9 Å². The van der Waals surface area contributed by atoms with Crippen LogP contribution < -0.4 is 10.9 Å². The molecular weight excluding hydrogens is 414 g/mol. The van der Waals surface area contributed by atoms with Crippen molar-refractivity contribution in [1.82, 2.24) is 9.47 Å². The fourth-order valence-corrected chi connectivity index (χ4v) is 5.18. The zero-order chi connectivity index (χ0) is 19.7. The molecule has 5 nitrogen and oxygen atoms in total. The number of carbonyl (C=O) groups excluding carboxylic acids is 1. The topological polar surface area (TPSA) is 54.3 Å². The summed E-state index contributed by atoms with van der Waals surface area (Å²) in [6.45, 7) is 2.36. The normalized spacial score (nSPS) is 20.4. The number of thiocarbonyl (C=S) groups is 1. The summed E-state index contributed by atoms with van der Waals surface area (Å²) in [7, 11) is 0. The summed E-state index contributed by atoms with van der Waals surface area (Å²) in [5.41, 5.74) is 1.78. The third-order valence-corrected chi connectivity index (χ3v) is 7.07. The molecule has 1 saturated heterocycles. The number of aromatic nitrogens is 1. The van der Waals surface area contributed by atoms with Gasteiger partial charge in [0.1, 0.15) is 4.32 Å². The standard InChI is InChI=1S/C20H20ClN3O2S2/c21-15-4-1-2-5-16(15)22-18(25)12-28-20(27)23-9-13-8-14(11-23)17-6-3-7-19(26)24(17)10-13/h1-7,13-14H,8-12H2,(H,22,25)/t13-,14+/m1/s1. The lowest BCUT2D eigenvalue weighted by molar-refractivity contribution is -0.113. The first-order valence-corrected chi connectivity index (χ1v) is 10.9. The van der Waals surface area contributed by atoms with E-state index in [1.54, 1.807) is 18.2 Å². The number of hydrogen-bond acceptors (Lipinski definition) is 4. The first kappa shape index (κ1) is 19.5. The molecule has 1 aromatic heterocycles. The number of piperidine rings is 1. The Morgan fingerprint density at radius 3 is 2.82 bits per heavy atom. The van der Waals surface area contributed by atoms with Gasteiger partial charge in [-0.1, -0.05) is 53.8 Å². The van der Waals surface area contributed by atoms with E-state index in [0.717, 1.165) is 36.1 Å². The van der Waals surface area contributed by atoms with E-state index in [1.807, 2.05) is 28.8 Å². The summed E-state index contributed by atoms with van der Waals surface area (Å²) in [6, 6.07) is 12.7. The number of benzene rings is 1. The zero-order valence-electron chi connectivity index (χ0n) is 15.1. The fraction of sp³-hybridized carbons (Fsp3) is 0.350. The number of para-hydroxylation sites is 1. The highest BCUT2D eigenvalue weighted by molar-refractivity contribution is 8.23. The average Bonchev–Trinajstić information content (AvgIpc) is 2.68. The summed E-state index contributed by atoms with van der Waals surface area (Å²) in [5, 5.41) is 3.33.